The SMILES string of the molecule is C=c1oc2ccc(C)cc2/c1=c1/c(=C\C)oc2ccccc12.Cc1c(/C=C\c2cc3ccccc3o2)oc2ccc(-c3ccccc3)cc12. The number of para-hydroxylation sites is 2. The molecule has 0 radical (unpaired) electrons. The molecule has 0 spiro atoms. The van der Waals surface area contributed by atoms with Crippen molar-refractivity contribution in [1.82, 2.24) is 0 Å². The number of rotatable bonds is 3. The second-order valence-corrected chi connectivity index (χ2v) is 12.2. The Labute approximate surface area is 282 Å². The van der Waals surface area contributed by atoms with Crippen LogP contribution in [0.2, 0.25) is 0 Å². The van der Waals surface area contributed by atoms with E-state index in [2.05, 4.69) is 75.0 Å². The Kier molecular flexibility index (Phi) is 7.62. The summed E-state index contributed by atoms with van der Waals surface area (Å²) in [5.74, 6) is 1.68. The number of hydrogen-bond acceptors (Lipinski definition) is 4. The first kappa shape index (κ1) is 30.1. The molecule has 9 rings (SSSR count). The molecule has 0 saturated heterocycles. The molecule has 9 aromatic rings. The maximum Gasteiger partial charge on any atom is 0.135 e. The Balaban J connectivity index is 0.000000145. The van der Waals surface area contributed by atoms with Gasteiger partial charge >= 0.3 is 0 Å². The van der Waals surface area contributed by atoms with Crippen molar-refractivity contribution >= 4 is 68.7 Å². The van der Waals surface area contributed by atoms with E-state index >= 15 is 0 Å². The van der Waals surface area contributed by atoms with E-state index in [1.807, 2.05) is 91.9 Å². The summed E-state index contributed by atoms with van der Waals surface area (Å²) in [7, 11) is 0. The lowest BCUT2D eigenvalue weighted by Crippen LogP contribution is -2.01. The van der Waals surface area contributed by atoms with Crippen molar-refractivity contribution < 1.29 is 17.7 Å². The molecular weight excluding hydrogens is 604 g/mol. The summed E-state index contributed by atoms with van der Waals surface area (Å²) in [6.45, 7) is 10.3. The van der Waals surface area contributed by atoms with Gasteiger partial charge in [-0.15, -0.1) is 0 Å². The fourth-order valence-electron chi connectivity index (χ4n) is 6.51. The molecule has 0 aliphatic carbocycles. The zero-order chi connectivity index (χ0) is 33.5. The lowest BCUT2D eigenvalue weighted by molar-refractivity contribution is 0.569. The van der Waals surface area contributed by atoms with E-state index in [-0.39, 0.29) is 0 Å². The molecule has 4 heterocycles. The first-order valence-electron chi connectivity index (χ1n) is 16.4. The molecule has 0 amide bonds. The normalized spacial score (nSPS) is 12.8. The fraction of sp³-hybridized carbons (Fsp3) is 0.0667. The average Bonchev–Trinajstić information content (AvgIpc) is 3.88. The Morgan fingerprint density at radius 2 is 1.24 bits per heavy atom. The highest BCUT2D eigenvalue weighted by Crippen LogP contribution is 2.31. The molecule has 0 unspecified atom stereocenters. The predicted molar refractivity (Wildman–Crippen MR) is 201 cm³/mol. The maximum absolute atomic E-state index is 6.06. The van der Waals surface area contributed by atoms with E-state index in [0.717, 1.165) is 76.8 Å². The first-order valence-corrected chi connectivity index (χ1v) is 16.4. The summed E-state index contributed by atoms with van der Waals surface area (Å²) >= 11 is 0. The molecule has 4 aromatic heterocycles. The second kappa shape index (κ2) is 12.4. The van der Waals surface area contributed by atoms with Gasteiger partial charge in [0.2, 0.25) is 0 Å². The third kappa shape index (κ3) is 5.57. The Hall–Kier alpha value is -6.26. The van der Waals surface area contributed by atoms with Crippen LogP contribution in [0.5, 0.6) is 0 Å². The topological polar surface area (TPSA) is 52.6 Å². The van der Waals surface area contributed by atoms with Crippen molar-refractivity contribution in [3.8, 4) is 11.1 Å². The molecule has 0 aliphatic rings. The fourth-order valence-corrected chi connectivity index (χ4v) is 6.51. The van der Waals surface area contributed by atoms with Gasteiger partial charge in [-0.3, -0.25) is 0 Å². The summed E-state index contributed by atoms with van der Waals surface area (Å²) in [5.41, 5.74) is 9.80. The van der Waals surface area contributed by atoms with Crippen molar-refractivity contribution in [2.75, 3.05) is 0 Å². The summed E-state index contributed by atoms with van der Waals surface area (Å²) in [6.07, 6.45) is 5.93. The van der Waals surface area contributed by atoms with Crippen molar-refractivity contribution in [3.63, 3.8) is 0 Å². The molecule has 5 aromatic carbocycles. The van der Waals surface area contributed by atoms with Gasteiger partial charge in [-0.2, -0.15) is 0 Å². The van der Waals surface area contributed by atoms with Crippen LogP contribution in [0.15, 0.2) is 139 Å². The van der Waals surface area contributed by atoms with Gasteiger partial charge in [0.25, 0.3) is 0 Å². The van der Waals surface area contributed by atoms with E-state index in [1.54, 1.807) is 0 Å². The summed E-state index contributed by atoms with van der Waals surface area (Å²) < 4.78 is 23.8. The standard InChI is InChI=1S/C25H18O2.C20H16O2/c1-17-22-16-19(18-7-3-2-4-8-18)11-13-25(22)27-23(17)14-12-21-15-20-9-5-6-10-24(20)26-21;1-4-16-20(14-7-5-6-8-17(14)22-16)19-13(3)21-18-10-9-12(2)11-15(18)19/h2-16H,1H3;4-11H,3H2,1-2H3/b14-12-;16-4+,20-19+. The van der Waals surface area contributed by atoms with Crippen LogP contribution in [0, 0.1) is 24.3 Å². The molecule has 0 aliphatic heterocycles. The van der Waals surface area contributed by atoms with Crippen LogP contribution in [0.3, 0.4) is 0 Å². The van der Waals surface area contributed by atoms with E-state index < -0.39 is 0 Å². The van der Waals surface area contributed by atoms with Crippen LogP contribution in [0.1, 0.15) is 29.6 Å². The van der Waals surface area contributed by atoms with Gasteiger partial charge in [-0.1, -0.05) is 91.0 Å². The summed E-state index contributed by atoms with van der Waals surface area (Å²) in [5, 5.41) is 6.50. The largest absolute Gasteiger partial charge is 0.457 e. The Bertz CT molecular complexity index is 2840. The minimum absolute atomic E-state index is 0.676. The number of fused-ring (bicyclic) bond motifs is 4. The zero-order valence-electron chi connectivity index (χ0n) is 27.6. The van der Waals surface area contributed by atoms with E-state index in [9.17, 15) is 0 Å². The minimum Gasteiger partial charge on any atom is -0.457 e. The van der Waals surface area contributed by atoms with E-state index in [0.29, 0.717) is 5.42 Å². The quantitative estimate of drug-likeness (QED) is 0.193. The predicted octanol–water partition coefficient (Wildman–Crippen LogP) is 11.3. The lowest BCUT2D eigenvalue weighted by atomic mass is 10.0. The maximum atomic E-state index is 6.06. The van der Waals surface area contributed by atoms with Gasteiger partial charge in [0.15, 0.2) is 0 Å². The molecule has 0 fully saturated rings. The van der Waals surface area contributed by atoms with Crippen molar-refractivity contribution in [2.45, 2.75) is 20.8 Å². The average molecular weight is 639 g/mol. The van der Waals surface area contributed by atoms with Crippen molar-refractivity contribution in [1.29, 1.82) is 0 Å². The summed E-state index contributed by atoms with van der Waals surface area (Å²) in [4.78, 5) is 0. The van der Waals surface area contributed by atoms with Crippen molar-refractivity contribution in [2.24, 2.45) is 0 Å². The van der Waals surface area contributed by atoms with E-state index in [1.165, 1.54) is 16.7 Å². The van der Waals surface area contributed by atoms with Gasteiger partial charge in [-0.05, 0) is 92.6 Å². The molecule has 0 saturated carbocycles. The van der Waals surface area contributed by atoms with Gasteiger partial charge in [0.1, 0.15) is 44.7 Å². The number of hydrogen-bond donors (Lipinski definition) is 0. The van der Waals surface area contributed by atoms with Gasteiger partial charge in [0, 0.05) is 37.5 Å². The molecule has 4 heteroatoms. The monoisotopic (exact) mass is 638 g/mol. The number of furan rings is 4. The molecule has 0 atom stereocenters. The van der Waals surface area contributed by atoms with Crippen LogP contribution >= 0.6 is 0 Å². The molecule has 4 nitrogen and oxygen atoms in total. The van der Waals surface area contributed by atoms with Crippen molar-refractivity contribution in [3.05, 3.63) is 165 Å². The Morgan fingerprint density at radius 1 is 0.531 bits per heavy atom. The third-order valence-electron chi connectivity index (χ3n) is 8.98. The van der Waals surface area contributed by atoms with Crippen LogP contribution < -0.4 is 10.8 Å². The third-order valence-corrected chi connectivity index (χ3v) is 8.98. The first-order chi connectivity index (χ1) is 24.0. The second-order valence-electron chi connectivity index (χ2n) is 12.2. The summed E-state index contributed by atoms with van der Waals surface area (Å²) in [6, 6.07) is 41.1. The van der Waals surface area contributed by atoms with Gasteiger partial charge in [0.05, 0.1) is 0 Å². The van der Waals surface area contributed by atoms with Gasteiger partial charge < -0.3 is 17.7 Å². The molecule has 238 valence electrons. The van der Waals surface area contributed by atoms with Crippen LogP contribution in [-0.4, -0.2) is 0 Å². The van der Waals surface area contributed by atoms with Gasteiger partial charge in [-0.25, -0.2) is 0 Å². The van der Waals surface area contributed by atoms with Crippen LogP contribution in [0.25, 0.3) is 79.8 Å². The zero-order valence-corrected chi connectivity index (χ0v) is 27.6. The van der Waals surface area contributed by atoms with Crippen LogP contribution in [-0.2, 0) is 0 Å². The molecule has 0 N–H and O–H groups in total. The highest BCUT2D eigenvalue weighted by atomic mass is 16.3. The molecule has 0 bridgehead atoms. The Morgan fingerprint density at radius 3 is 2.06 bits per heavy atom. The number of aryl methyl sites for hydroxylation is 2. The molecular formula is C45H34O4. The highest BCUT2D eigenvalue weighted by Gasteiger charge is 2.11. The smallest absolute Gasteiger partial charge is 0.135 e. The highest BCUT2D eigenvalue weighted by molar-refractivity contribution is 5.90. The van der Waals surface area contributed by atoms with Crippen LogP contribution in [0.4, 0.5) is 0 Å². The van der Waals surface area contributed by atoms with E-state index in [4.69, 9.17) is 17.7 Å². The molecule has 49 heavy (non-hydrogen) atoms. The number of benzene rings is 5. The lowest BCUT2D eigenvalue weighted by Gasteiger charge is -2.01. The minimum atomic E-state index is 0.676.